The van der Waals surface area contributed by atoms with Crippen LogP contribution in [0.25, 0.3) is 32.9 Å². The maximum absolute atomic E-state index is 4.55. The van der Waals surface area contributed by atoms with Crippen LogP contribution in [-0.2, 0) is 0 Å². The van der Waals surface area contributed by atoms with Crippen molar-refractivity contribution in [2.45, 2.75) is 0 Å². The Morgan fingerprint density at radius 1 is 0.947 bits per heavy atom. The van der Waals surface area contributed by atoms with E-state index in [0.717, 1.165) is 27.5 Å². The van der Waals surface area contributed by atoms with E-state index in [0.29, 0.717) is 0 Å². The number of nitrogens with one attached hydrogen (secondary N) is 1. The summed E-state index contributed by atoms with van der Waals surface area (Å²) in [5.41, 5.74) is 3.01. The first-order chi connectivity index (χ1) is 9.43. The van der Waals surface area contributed by atoms with Gasteiger partial charge in [0.15, 0.2) is 0 Å². The summed E-state index contributed by atoms with van der Waals surface area (Å²) in [6.45, 7) is 0. The summed E-state index contributed by atoms with van der Waals surface area (Å²) in [5.74, 6) is 0. The van der Waals surface area contributed by atoms with Crippen LogP contribution in [-0.4, -0.2) is 15.2 Å². The Hall–Kier alpha value is -2.68. The third-order valence-corrected chi connectivity index (χ3v) is 3.34. The molecule has 1 N–H and O–H groups in total. The Bertz CT molecular complexity index is 872. The first kappa shape index (κ1) is 10.3. The molecule has 0 amide bonds. The SMILES string of the molecule is [c]1n[nH]c2cccc(-c3nccc4ccccc34)c12. The summed E-state index contributed by atoms with van der Waals surface area (Å²) < 4.78 is 0. The molecule has 0 aliphatic heterocycles. The summed E-state index contributed by atoms with van der Waals surface area (Å²) in [5, 5.41) is 10.2. The van der Waals surface area contributed by atoms with Gasteiger partial charge in [0.25, 0.3) is 0 Å². The average molecular weight is 244 g/mol. The second kappa shape index (κ2) is 3.92. The smallest absolute Gasteiger partial charge is 0.122 e. The van der Waals surface area contributed by atoms with E-state index in [1.54, 1.807) is 0 Å². The van der Waals surface area contributed by atoms with Crippen molar-refractivity contribution in [2.75, 3.05) is 0 Å². The van der Waals surface area contributed by atoms with Gasteiger partial charge in [-0.2, -0.15) is 5.10 Å². The Morgan fingerprint density at radius 3 is 2.89 bits per heavy atom. The predicted molar refractivity (Wildman–Crippen MR) is 75.7 cm³/mol. The summed E-state index contributed by atoms with van der Waals surface area (Å²) in [7, 11) is 0. The molecule has 0 aliphatic carbocycles. The lowest BCUT2D eigenvalue weighted by molar-refractivity contribution is 1.11. The molecule has 19 heavy (non-hydrogen) atoms. The van der Waals surface area contributed by atoms with Crippen molar-refractivity contribution < 1.29 is 0 Å². The van der Waals surface area contributed by atoms with Crippen molar-refractivity contribution in [2.24, 2.45) is 0 Å². The summed E-state index contributed by atoms with van der Waals surface area (Å²) in [6.07, 6.45) is 4.85. The molecule has 0 atom stereocenters. The Balaban J connectivity index is 2.12. The van der Waals surface area contributed by atoms with Crippen LogP contribution >= 0.6 is 0 Å². The van der Waals surface area contributed by atoms with Gasteiger partial charge in [-0.1, -0.05) is 36.4 Å². The molecule has 2 aromatic heterocycles. The van der Waals surface area contributed by atoms with Gasteiger partial charge >= 0.3 is 0 Å². The fourth-order valence-corrected chi connectivity index (χ4v) is 2.44. The average Bonchev–Trinajstić information content (AvgIpc) is 2.95. The third-order valence-electron chi connectivity index (χ3n) is 3.34. The van der Waals surface area contributed by atoms with E-state index in [4.69, 9.17) is 0 Å². The van der Waals surface area contributed by atoms with E-state index < -0.39 is 0 Å². The molecule has 0 aliphatic rings. The highest BCUT2D eigenvalue weighted by Gasteiger charge is 2.09. The van der Waals surface area contributed by atoms with Crippen LogP contribution in [0.3, 0.4) is 0 Å². The van der Waals surface area contributed by atoms with Gasteiger partial charge in [0, 0.05) is 22.5 Å². The number of nitrogens with zero attached hydrogens (tertiary/aromatic N) is 2. The highest BCUT2D eigenvalue weighted by molar-refractivity contribution is 6.02. The minimum absolute atomic E-state index is 0.973. The lowest BCUT2D eigenvalue weighted by Crippen LogP contribution is -1.86. The van der Waals surface area contributed by atoms with Gasteiger partial charge in [-0.05, 0) is 17.5 Å². The molecule has 0 fully saturated rings. The van der Waals surface area contributed by atoms with E-state index >= 15 is 0 Å². The summed E-state index contributed by atoms with van der Waals surface area (Å²) >= 11 is 0. The number of H-pyrrole nitrogens is 1. The molecule has 0 unspecified atom stereocenters. The van der Waals surface area contributed by atoms with Crippen LogP contribution in [0.5, 0.6) is 0 Å². The van der Waals surface area contributed by atoms with Crippen molar-refractivity contribution >= 4 is 21.7 Å². The van der Waals surface area contributed by atoms with Crippen LogP contribution in [0, 0.1) is 6.20 Å². The monoisotopic (exact) mass is 244 g/mol. The number of benzene rings is 2. The molecule has 4 rings (SSSR count). The second-order valence-corrected chi connectivity index (χ2v) is 4.44. The molecule has 3 nitrogen and oxygen atoms in total. The summed E-state index contributed by atoms with van der Waals surface area (Å²) in [6, 6.07) is 16.3. The lowest BCUT2D eigenvalue weighted by Gasteiger charge is -2.06. The van der Waals surface area contributed by atoms with Crippen LogP contribution in [0.2, 0.25) is 0 Å². The minimum atomic E-state index is 0.973. The largest absolute Gasteiger partial charge is 0.277 e. The van der Waals surface area contributed by atoms with Crippen LogP contribution in [0.4, 0.5) is 0 Å². The highest BCUT2D eigenvalue weighted by atomic mass is 15.1. The topological polar surface area (TPSA) is 41.6 Å². The molecule has 2 aromatic carbocycles. The van der Waals surface area contributed by atoms with E-state index in [9.17, 15) is 0 Å². The first-order valence-electron chi connectivity index (χ1n) is 6.12. The number of aromatic amines is 1. The zero-order valence-electron chi connectivity index (χ0n) is 10.1. The molecule has 0 spiro atoms. The molecule has 0 saturated heterocycles. The molecular formula is C16H10N3. The fraction of sp³-hybridized carbons (Fsp3) is 0. The highest BCUT2D eigenvalue weighted by Crippen LogP contribution is 2.30. The van der Waals surface area contributed by atoms with Gasteiger partial charge in [0.05, 0.1) is 11.2 Å². The number of hydrogen-bond acceptors (Lipinski definition) is 2. The number of pyridine rings is 1. The van der Waals surface area contributed by atoms with Crippen molar-refractivity contribution in [3.8, 4) is 11.3 Å². The van der Waals surface area contributed by atoms with Crippen LogP contribution < -0.4 is 0 Å². The van der Waals surface area contributed by atoms with E-state index in [1.807, 2.05) is 36.5 Å². The van der Waals surface area contributed by atoms with Crippen LogP contribution in [0.15, 0.2) is 54.7 Å². The standard InChI is InChI=1S/C16H10N3/c1-2-5-12-11(4-1)8-9-17-16(12)13-6-3-7-15-14(13)10-18-19-15/h1-9H,(H,18,19). The Labute approximate surface area is 109 Å². The van der Waals surface area contributed by atoms with E-state index in [-0.39, 0.29) is 0 Å². The van der Waals surface area contributed by atoms with Gasteiger partial charge in [0.2, 0.25) is 0 Å². The van der Waals surface area contributed by atoms with Gasteiger partial charge in [-0.15, -0.1) is 0 Å². The Morgan fingerprint density at radius 2 is 1.89 bits per heavy atom. The Kier molecular flexibility index (Phi) is 2.12. The van der Waals surface area contributed by atoms with Gasteiger partial charge in [-0.25, -0.2) is 0 Å². The van der Waals surface area contributed by atoms with Gasteiger partial charge in [0.1, 0.15) is 6.20 Å². The van der Waals surface area contributed by atoms with Crippen molar-refractivity contribution in [1.82, 2.24) is 15.2 Å². The number of hydrogen-bond donors (Lipinski definition) is 1. The maximum atomic E-state index is 4.55. The lowest BCUT2D eigenvalue weighted by atomic mass is 10.0. The zero-order valence-corrected chi connectivity index (χ0v) is 10.1. The van der Waals surface area contributed by atoms with Gasteiger partial charge in [-0.3, -0.25) is 10.1 Å². The van der Waals surface area contributed by atoms with Crippen molar-refractivity contribution in [3.63, 3.8) is 0 Å². The second-order valence-electron chi connectivity index (χ2n) is 4.44. The summed E-state index contributed by atoms with van der Waals surface area (Å²) in [4.78, 5) is 4.55. The normalized spacial score (nSPS) is 11.2. The number of aromatic nitrogens is 3. The number of fused-ring (bicyclic) bond motifs is 2. The molecule has 3 heteroatoms. The maximum Gasteiger partial charge on any atom is 0.122 e. The third kappa shape index (κ3) is 1.52. The van der Waals surface area contributed by atoms with Crippen molar-refractivity contribution in [1.29, 1.82) is 0 Å². The van der Waals surface area contributed by atoms with Gasteiger partial charge < -0.3 is 0 Å². The fourth-order valence-electron chi connectivity index (χ4n) is 2.44. The van der Waals surface area contributed by atoms with Crippen molar-refractivity contribution in [3.05, 3.63) is 60.9 Å². The zero-order chi connectivity index (χ0) is 12.7. The predicted octanol–water partition coefficient (Wildman–Crippen LogP) is 3.58. The quantitative estimate of drug-likeness (QED) is 0.556. The van der Waals surface area contributed by atoms with E-state index in [2.05, 4.69) is 39.6 Å². The minimum Gasteiger partial charge on any atom is -0.277 e. The molecule has 0 saturated carbocycles. The number of rotatable bonds is 1. The van der Waals surface area contributed by atoms with E-state index in [1.165, 1.54) is 5.39 Å². The first-order valence-corrected chi connectivity index (χ1v) is 6.12. The molecular weight excluding hydrogens is 234 g/mol. The molecule has 0 bridgehead atoms. The molecule has 89 valence electrons. The van der Waals surface area contributed by atoms with Crippen LogP contribution in [0.1, 0.15) is 0 Å². The molecule has 1 radical (unpaired) electrons. The molecule has 2 heterocycles. The molecule has 4 aromatic rings.